The van der Waals surface area contributed by atoms with Gasteiger partial charge in [0.25, 0.3) is 0 Å². The normalized spacial score (nSPS) is 12.9. The lowest BCUT2D eigenvalue weighted by Crippen LogP contribution is -2.24. The van der Waals surface area contributed by atoms with Gasteiger partial charge in [0.05, 0.1) is 34.9 Å². The van der Waals surface area contributed by atoms with Crippen molar-refractivity contribution in [3.05, 3.63) is 74.4 Å². The highest BCUT2D eigenvalue weighted by Crippen LogP contribution is 2.33. The number of rotatable bonds is 6. The average molecular weight is 520 g/mol. The fourth-order valence-corrected chi connectivity index (χ4v) is 4.21. The molecule has 1 atom stereocenters. The van der Waals surface area contributed by atoms with Crippen molar-refractivity contribution in [1.82, 2.24) is 14.8 Å². The average Bonchev–Trinajstić information content (AvgIpc) is 3.37. The third-order valence-corrected chi connectivity index (χ3v) is 6.34. The molecule has 3 aromatic heterocycles. The third-order valence-electron chi connectivity index (χ3n) is 6.13. The Labute approximate surface area is 218 Å². The number of nitrogens with two attached hydrogens (primary N) is 1. The fraction of sp³-hybridized carbons (Fsp3) is 0.269. The number of anilines is 1. The predicted octanol–water partition coefficient (Wildman–Crippen LogP) is 4.85. The zero-order valence-corrected chi connectivity index (χ0v) is 21.8. The maximum atomic E-state index is 13.4. The number of aromatic nitrogens is 3. The van der Waals surface area contributed by atoms with Crippen LogP contribution in [0.5, 0.6) is 0 Å². The second-order valence-electron chi connectivity index (χ2n) is 9.34. The Hall–Kier alpha value is -4.36. The van der Waals surface area contributed by atoms with Gasteiger partial charge in [0.1, 0.15) is 27.7 Å². The summed E-state index contributed by atoms with van der Waals surface area (Å²) in [5, 5.41) is 29.9. The molecule has 0 unspecified atom stereocenters. The van der Waals surface area contributed by atoms with Gasteiger partial charge in [-0.3, -0.25) is 9.48 Å². The van der Waals surface area contributed by atoms with Crippen molar-refractivity contribution in [2.24, 2.45) is 10.9 Å². The highest BCUT2D eigenvalue weighted by atomic mass is 35.5. The number of benzene rings is 1. The van der Waals surface area contributed by atoms with Crippen molar-refractivity contribution in [2.45, 2.75) is 46.2 Å². The largest absolute Gasteiger partial charge is 0.455 e. The van der Waals surface area contributed by atoms with Crippen molar-refractivity contribution in [3.8, 4) is 17.4 Å². The highest BCUT2D eigenvalue weighted by molar-refractivity contribution is 6.29. The number of hydrogen-bond donors (Lipinski definition) is 3. The summed E-state index contributed by atoms with van der Waals surface area (Å²) in [5.74, 6) is 0.174. The van der Waals surface area contributed by atoms with Gasteiger partial charge in [0.2, 0.25) is 0 Å². The van der Waals surface area contributed by atoms with Crippen LogP contribution in [0.3, 0.4) is 0 Å². The summed E-state index contributed by atoms with van der Waals surface area (Å²) in [5.41, 5.74) is 8.49. The summed E-state index contributed by atoms with van der Waals surface area (Å²) in [6, 6.07) is 8.81. The molecule has 11 heteroatoms. The van der Waals surface area contributed by atoms with Crippen LogP contribution in [0.15, 0.2) is 51.0 Å². The van der Waals surface area contributed by atoms with E-state index >= 15 is 0 Å². The van der Waals surface area contributed by atoms with E-state index in [0.29, 0.717) is 33.5 Å². The van der Waals surface area contributed by atoms with E-state index in [0.717, 1.165) is 11.1 Å². The molecule has 4 aromatic rings. The van der Waals surface area contributed by atoms with Crippen LogP contribution in [0.4, 0.5) is 5.69 Å². The van der Waals surface area contributed by atoms with Gasteiger partial charge in [-0.15, -0.1) is 0 Å². The number of oxime groups is 1. The summed E-state index contributed by atoms with van der Waals surface area (Å²) in [7, 11) is 0. The van der Waals surface area contributed by atoms with Crippen molar-refractivity contribution in [3.63, 3.8) is 0 Å². The summed E-state index contributed by atoms with van der Waals surface area (Å²) >= 11 is 6.01. The molecule has 190 valence electrons. The van der Waals surface area contributed by atoms with Crippen molar-refractivity contribution in [1.29, 1.82) is 5.26 Å². The molecule has 4 N–H and O–H groups in total. The van der Waals surface area contributed by atoms with Crippen LogP contribution in [0.25, 0.3) is 22.3 Å². The van der Waals surface area contributed by atoms with Crippen LogP contribution in [-0.2, 0) is 5.54 Å². The molecule has 37 heavy (non-hydrogen) atoms. The number of hydrogen-bond acceptors (Lipinski definition) is 8. The first-order valence-corrected chi connectivity index (χ1v) is 11.8. The van der Waals surface area contributed by atoms with E-state index in [1.165, 1.54) is 4.68 Å². The second-order valence-corrected chi connectivity index (χ2v) is 9.73. The lowest BCUT2D eigenvalue weighted by Gasteiger charge is -2.20. The van der Waals surface area contributed by atoms with Crippen molar-refractivity contribution in [2.75, 3.05) is 5.32 Å². The van der Waals surface area contributed by atoms with Crippen LogP contribution in [0.1, 0.15) is 49.2 Å². The predicted molar refractivity (Wildman–Crippen MR) is 142 cm³/mol. The Morgan fingerprint density at radius 1 is 1.35 bits per heavy atom. The molecule has 0 radical (unpaired) electrons. The topological polar surface area (TPSA) is 155 Å². The van der Waals surface area contributed by atoms with Crippen molar-refractivity contribution < 1.29 is 9.62 Å². The Bertz CT molecular complexity index is 1650. The van der Waals surface area contributed by atoms with Gasteiger partial charge in [-0.1, -0.05) is 22.8 Å². The Balaban J connectivity index is 1.87. The third kappa shape index (κ3) is 4.73. The number of halogens is 1. The number of nitrogens with one attached hydrogen (secondary N) is 1. The van der Waals surface area contributed by atoms with Crippen LogP contribution < -0.4 is 16.5 Å². The molecule has 0 spiro atoms. The lowest BCUT2D eigenvalue weighted by atomic mass is 9.99. The van der Waals surface area contributed by atoms with E-state index < -0.39 is 5.54 Å². The maximum Gasteiger partial charge on any atom is 0.196 e. The van der Waals surface area contributed by atoms with E-state index in [1.807, 2.05) is 19.9 Å². The smallest absolute Gasteiger partial charge is 0.196 e. The Kier molecular flexibility index (Phi) is 6.67. The molecule has 0 bridgehead atoms. The summed E-state index contributed by atoms with van der Waals surface area (Å²) in [4.78, 5) is 17.6. The van der Waals surface area contributed by atoms with Gasteiger partial charge < -0.3 is 20.7 Å². The van der Waals surface area contributed by atoms with Crippen LogP contribution in [-0.4, -0.2) is 25.8 Å². The first-order chi connectivity index (χ1) is 17.5. The van der Waals surface area contributed by atoms with E-state index in [1.54, 1.807) is 51.4 Å². The molecule has 0 saturated heterocycles. The molecule has 0 aliphatic heterocycles. The number of pyridine rings is 1. The van der Waals surface area contributed by atoms with Crippen LogP contribution in [0, 0.1) is 25.2 Å². The van der Waals surface area contributed by atoms with Gasteiger partial charge >= 0.3 is 0 Å². The molecule has 1 aromatic carbocycles. The summed E-state index contributed by atoms with van der Waals surface area (Å²) in [6.45, 7) is 8.99. The molecule has 0 fully saturated rings. The SMILES string of the molecule is Cc1cc([C@@H](C)Nc2ccc(Cl)nc2/C(N)=N/O)c2oc(-c3cnn(C(C)(C)C#N)c3)c(C)c(=O)c2c1. The summed E-state index contributed by atoms with van der Waals surface area (Å²) < 4.78 is 7.92. The fourth-order valence-electron chi connectivity index (χ4n) is 4.07. The monoisotopic (exact) mass is 519 g/mol. The zero-order valence-electron chi connectivity index (χ0n) is 21.0. The number of nitriles is 1. The van der Waals surface area contributed by atoms with E-state index in [9.17, 15) is 15.3 Å². The number of nitrogens with zero attached hydrogens (tertiary/aromatic N) is 5. The molecule has 4 rings (SSSR count). The van der Waals surface area contributed by atoms with Gasteiger partial charge in [0.15, 0.2) is 11.3 Å². The minimum absolute atomic E-state index is 0.161. The second kappa shape index (κ2) is 9.59. The van der Waals surface area contributed by atoms with Crippen LogP contribution >= 0.6 is 11.6 Å². The number of fused-ring (bicyclic) bond motifs is 1. The molecule has 3 heterocycles. The quantitative estimate of drug-likeness (QED) is 0.107. The molecule has 0 aliphatic carbocycles. The standard InChI is InChI=1S/C26H26ClN7O3/c1-13-8-17(15(3)31-19-6-7-20(27)32-21(19)25(29)33-36)24-18(9-13)22(35)14(2)23(37-24)16-10-30-34(11-16)26(4,5)12-28/h6-11,15,31,36H,1-5H3,(H2,29,33)/t15-/m1/s1. The zero-order chi connectivity index (χ0) is 27.1. The van der Waals surface area contributed by atoms with E-state index in [4.69, 9.17) is 21.8 Å². The van der Waals surface area contributed by atoms with Gasteiger partial charge in [-0.2, -0.15) is 10.4 Å². The van der Waals surface area contributed by atoms with E-state index in [-0.39, 0.29) is 28.2 Å². The van der Waals surface area contributed by atoms with Gasteiger partial charge in [0, 0.05) is 17.3 Å². The van der Waals surface area contributed by atoms with E-state index in [2.05, 4.69) is 26.6 Å². The van der Waals surface area contributed by atoms with Gasteiger partial charge in [-0.25, -0.2) is 4.98 Å². The first kappa shape index (κ1) is 25.7. The minimum atomic E-state index is -0.867. The maximum absolute atomic E-state index is 13.4. The van der Waals surface area contributed by atoms with Crippen molar-refractivity contribution >= 4 is 34.1 Å². The molecular weight excluding hydrogens is 494 g/mol. The molecular formula is C26H26ClN7O3. The number of amidine groups is 1. The molecule has 10 nitrogen and oxygen atoms in total. The Morgan fingerprint density at radius 2 is 2.08 bits per heavy atom. The first-order valence-electron chi connectivity index (χ1n) is 11.4. The van der Waals surface area contributed by atoms with Gasteiger partial charge in [-0.05, 0) is 58.4 Å². The lowest BCUT2D eigenvalue weighted by molar-refractivity contribution is 0.318. The summed E-state index contributed by atoms with van der Waals surface area (Å²) in [6.07, 6.45) is 3.27. The highest BCUT2D eigenvalue weighted by Gasteiger charge is 2.24. The van der Waals surface area contributed by atoms with Crippen LogP contribution in [0.2, 0.25) is 5.15 Å². The molecule has 0 amide bonds. The molecule has 0 aliphatic rings. The molecule has 0 saturated carbocycles. The Morgan fingerprint density at radius 3 is 2.76 bits per heavy atom. The minimum Gasteiger partial charge on any atom is -0.455 e. The number of aryl methyl sites for hydroxylation is 1.